The molecule has 0 spiro atoms. The average molecular weight is 459 g/mol. The molecule has 3 heterocycles. The molecule has 0 unspecified atom stereocenters. The van der Waals surface area contributed by atoms with Crippen molar-refractivity contribution >= 4 is 17.6 Å². The lowest BCUT2D eigenvalue weighted by Gasteiger charge is -2.19. The molecule has 31 heavy (non-hydrogen) atoms. The molecule has 0 fully saturated rings. The van der Waals surface area contributed by atoms with E-state index in [2.05, 4.69) is 20.4 Å². The van der Waals surface area contributed by atoms with E-state index in [1.165, 1.54) is 23.8 Å². The third-order valence-corrected chi connectivity index (χ3v) is 4.71. The molecule has 1 aliphatic heterocycles. The Labute approximate surface area is 178 Å². The SMILES string of the molecule is Cc1ncc2c(c1-c1noc(-c3cc(F)ccc3Cl)n1)CCNC2.O=C(O)C(F)(F)F. The van der Waals surface area contributed by atoms with Gasteiger partial charge in [0.05, 0.1) is 10.6 Å². The fourth-order valence-electron chi connectivity index (χ4n) is 2.96. The molecular formula is C19H15ClF4N4O3. The van der Waals surface area contributed by atoms with E-state index in [0.29, 0.717) is 16.4 Å². The summed E-state index contributed by atoms with van der Waals surface area (Å²) in [5.41, 5.74) is 4.42. The standard InChI is InChI=1S/C17H14ClFN4O.C2HF3O2/c1-9-15(12-4-5-20-7-10(12)8-21-9)16-22-17(24-23-16)13-6-11(19)2-3-14(13)18;3-2(4,5)1(6)7/h2-3,6,8,20H,4-5,7H2,1H3;(H,6,7). The van der Waals surface area contributed by atoms with Gasteiger partial charge in [-0.3, -0.25) is 4.98 Å². The summed E-state index contributed by atoms with van der Waals surface area (Å²) in [5.74, 6) is -2.52. The Hall–Kier alpha value is -3.05. The van der Waals surface area contributed by atoms with Crippen LogP contribution in [0.4, 0.5) is 17.6 Å². The minimum atomic E-state index is -5.08. The number of aryl methyl sites for hydroxylation is 1. The van der Waals surface area contributed by atoms with E-state index >= 15 is 0 Å². The van der Waals surface area contributed by atoms with Gasteiger partial charge in [-0.15, -0.1) is 0 Å². The van der Waals surface area contributed by atoms with Crippen molar-refractivity contribution in [2.24, 2.45) is 0 Å². The molecule has 0 aliphatic carbocycles. The lowest BCUT2D eigenvalue weighted by atomic mass is 9.95. The van der Waals surface area contributed by atoms with E-state index in [1.807, 2.05) is 13.1 Å². The Balaban J connectivity index is 0.000000339. The van der Waals surface area contributed by atoms with Gasteiger partial charge >= 0.3 is 12.1 Å². The van der Waals surface area contributed by atoms with Gasteiger partial charge in [-0.2, -0.15) is 18.2 Å². The summed E-state index contributed by atoms with van der Waals surface area (Å²) in [6, 6.07) is 4.05. The summed E-state index contributed by atoms with van der Waals surface area (Å²) in [7, 11) is 0. The summed E-state index contributed by atoms with van der Waals surface area (Å²) in [6.07, 6.45) is -2.33. The molecule has 0 saturated heterocycles. The van der Waals surface area contributed by atoms with Crippen LogP contribution in [-0.4, -0.2) is 38.9 Å². The highest BCUT2D eigenvalue weighted by Crippen LogP contribution is 2.32. The first kappa shape index (κ1) is 22.6. The number of alkyl halides is 3. The number of pyridine rings is 1. The molecule has 1 aromatic carbocycles. The molecule has 2 aromatic heterocycles. The van der Waals surface area contributed by atoms with E-state index in [9.17, 15) is 17.6 Å². The van der Waals surface area contributed by atoms with Crippen LogP contribution in [-0.2, 0) is 17.8 Å². The van der Waals surface area contributed by atoms with Gasteiger partial charge in [0.15, 0.2) is 0 Å². The van der Waals surface area contributed by atoms with Crippen molar-refractivity contribution in [3.8, 4) is 22.8 Å². The maximum absolute atomic E-state index is 13.5. The predicted octanol–water partition coefficient (Wildman–Crippen LogP) is 4.18. The normalized spacial score (nSPS) is 13.2. The molecule has 0 amide bonds. The van der Waals surface area contributed by atoms with E-state index in [0.717, 1.165) is 36.3 Å². The zero-order valence-corrected chi connectivity index (χ0v) is 16.7. The van der Waals surface area contributed by atoms with Crippen LogP contribution in [0.3, 0.4) is 0 Å². The fourth-order valence-corrected chi connectivity index (χ4v) is 3.16. The van der Waals surface area contributed by atoms with E-state index in [1.54, 1.807) is 0 Å². The van der Waals surface area contributed by atoms with Gasteiger partial charge in [-0.25, -0.2) is 9.18 Å². The number of hydrogen-bond acceptors (Lipinski definition) is 6. The highest BCUT2D eigenvalue weighted by atomic mass is 35.5. The van der Waals surface area contributed by atoms with Crippen LogP contribution in [0.2, 0.25) is 5.02 Å². The van der Waals surface area contributed by atoms with Crippen LogP contribution in [0, 0.1) is 12.7 Å². The highest BCUT2D eigenvalue weighted by Gasteiger charge is 2.38. The number of rotatable bonds is 2. The lowest BCUT2D eigenvalue weighted by Crippen LogP contribution is -2.24. The van der Waals surface area contributed by atoms with Crippen LogP contribution in [0.15, 0.2) is 28.9 Å². The van der Waals surface area contributed by atoms with Gasteiger partial charge < -0.3 is 14.9 Å². The molecule has 0 atom stereocenters. The number of aromatic nitrogens is 3. The summed E-state index contributed by atoms with van der Waals surface area (Å²) in [6.45, 7) is 3.59. The van der Waals surface area contributed by atoms with Crippen LogP contribution in [0.1, 0.15) is 16.8 Å². The number of nitrogens with zero attached hydrogens (tertiary/aromatic N) is 3. The van der Waals surface area contributed by atoms with Crippen molar-refractivity contribution in [1.82, 2.24) is 20.4 Å². The lowest BCUT2D eigenvalue weighted by molar-refractivity contribution is -0.192. The molecule has 1 aliphatic rings. The van der Waals surface area contributed by atoms with Crippen molar-refractivity contribution in [3.63, 3.8) is 0 Å². The maximum Gasteiger partial charge on any atom is 0.490 e. The van der Waals surface area contributed by atoms with Crippen molar-refractivity contribution in [3.05, 3.63) is 52.1 Å². The van der Waals surface area contributed by atoms with Gasteiger partial charge in [0.25, 0.3) is 5.89 Å². The zero-order chi connectivity index (χ0) is 22.8. The molecule has 0 saturated carbocycles. The number of nitrogens with one attached hydrogen (secondary N) is 1. The Kier molecular flexibility index (Phi) is 6.56. The third kappa shape index (κ3) is 5.17. The summed E-state index contributed by atoms with van der Waals surface area (Å²) >= 11 is 6.12. The zero-order valence-electron chi connectivity index (χ0n) is 15.9. The minimum Gasteiger partial charge on any atom is -0.475 e. The second kappa shape index (κ2) is 8.98. The Bertz CT molecular complexity index is 1120. The van der Waals surface area contributed by atoms with Crippen LogP contribution in [0.25, 0.3) is 22.8 Å². The van der Waals surface area contributed by atoms with Crippen molar-refractivity contribution < 1.29 is 32.0 Å². The molecule has 0 radical (unpaired) electrons. The minimum absolute atomic E-state index is 0.195. The Morgan fingerprint density at radius 1 is 1.32 bits per heavy atom. The Morgan fingerprint density at radius 3 is 2.71 bits per heavy atom. The van der Waals surface area contributed by atoms with Gasteiger partial charge in [0.2, 0.25) is 5.82 Å². The first-order valence-corrected chi connectivity index (χ1v) is 9.23. The fraction of sp³-hybridized carbons (Fsp3) is 0.263. The Morgan fingerprint density at radius 2 is 2.03 bits per heavy atom. The van der Waals surface area contributed by atoms with Crippen molar-refractivity contribution in [2.75, 3.05) is 6.54 Å². The van der Waals surface area contributed by atoms with Gasteiger partial charge in [0, 0.05) is 24.0 Å². The molecule has 2 N–H and O–H groups in total. The summed E-state index contributed by atoms with van der Waals surface area (Å²) < 4.78 is 50.6. The average Bonchev–Trinajstić information content (AvgIpc) is 3.19. The second-order valence-electron chi connectivity index (χ2n) is 6.50. The largest absolute Gasteiger partial charge is 0.490 e. The molecule has 12 heteroatoms. The number of halogens is 5. The highest BCUT2D eigenvalue weighted by molar-refractivity contribution is 6.33. The van der Waals surface area contributed by atoms with Crippen molar-refractivity contribution in [1.29, 1.82) is 0 Å². The number of benzene rings is 1. The summed E-state index contributed by atoms with van der Waals surface area (Å²) in [4.78, 5) is 17.8. The number of carbonyl (C=O) groups is 1. The molecule has 7 nitrogen and oxygen atoms in total. The molecule has 164 valence electrons. The van der Waals surface area contributed by atoms with Crippen LogP contribution >= 0.6 is 11.6 Å². The molecule has 3 aromatic rings. The van der Waals surface area contributed by atoms with Crippen molar-refractivity contribution in [2.45, 2.75) is 26.1 Å². The summed E-state index contributed by atoms with van der Waals surface area (Å²) in [5, 5.41) is 14.9. The number of carboxylic acids is 1. The van der Waals surface area contributed by atoms with Gasteiger partial charge in [0.1, 0.15) is 5.82 Å². The molecule has 4 rings (SSSR count). The van der Waals surface area contributed by atoms with E-state index in [4.69, 9.17) is 26.0 Å². The van der Waals surface area contributed by atoms with Gasteiger partial charge in [-0.05, 0) is 49.2 Å². The smallest absolute Gasteiger partial charge is 0.475 e. The topological polar surface area (TPSA) is 101 Å². The van der Waals surface area contributed by atoms with E-state index < -0.39 is 18.0 Å². The van der Waals surface area contributed by atoms with Crippen LogP contribution < -0.4 is 5.32 Å². The molecular weight excluding hydrogens is 444 g/mol. The number of fused-ring (bicyclic) bond motifs is 1. The first-order valence-electron chi connectivity index (χ1n) is 8.85. The van der Waals surface area contributed by atoms with E-state index in [-0.39, 0.29) is 5.89 Å². The number of hydrogen-bond donors (Lipinski definition) is 2. The monoisotopic (exact) mass is 458 g/mol. The van der Waals surface area contributed by atoms with Crippen LogP contribution in [0.5, 0.6) is 0 Å². The predicted molar refractivity (Wildman–Crippen MR) is 102 cm³/mol. The third-order valence-electron chi connectivity index (χ3n) is 4.38. The second-order valence-corrected chi connectivity index (χ2v) is 6.91. The quantitative estimate of drug-likeness (QED) is 0.555. The maximum atomic E-state index is 13.5. The van der Waals surface area contributed by atoms with Gasteiger partial charge in [-0.1, -0.05) is 16.8 Å². The molecule has 0 bridgehead atoms. The number of aliphatic carboxylic acids is 1. The number of carboxylic acid groups (broad SMARTS) is 1. The first-order chi connectivity index (χ1) is 14.6.